The van der Waals surface area contributed by atoms with Gasteiger partial charge in [-0.05, 0) is 59.7 Å². The summed E-state index contributed by atoms with van der Waals surface area (Å²) >= 11 is 0. The van der Waals surface area contributed by atoms with E-state index in [0.717, 1.165) is 19.4 Å². The molecule has 1 aromatic carbocycles. The molecule has 0 saturated carbocycles. The molecule has 1 aliphatic heterocycles. The van der Waals surface area contributed by atoms with E-state index in [1.54, 1.807) is 30.5 Å². The van der Waals surface area contributed by atoms with E-state index in [0.29, 0.717) is 30.1 Å². The number of tetrazole rings is 1. The average molecular weight is 355 g/mol. The number of likely N-dealkylation sites (tertiary alicyclic amines) is 1. The van der Waals surface area contributed by atoms with Crippen molar-refractivity contribution in [3.8, 4) is 5.75 Å². The molecule has 8 heteroatoms. The van der Waals surface area contributed by atoms with Gasteiger partial charge in [0.1, 0.15) is 11.6 Å². The summed E-state index contributed by atoms with van der Waals surface area (Å²) in [7, 11) is 0. The molecule has 134 valence electrons. The summed E-state index contributed by atoms with van der Waals surface area (Å²) in [5.74, 6) is 0.564. The molecule has 0 aliphatic carbocycles. The van der Waals surface area contributed by atoms with Crippen molar-refractivity contribution in [3.05, 3.63) is 54.0 Å². The van der Waals surface area contributed by atoms with Crippen molar-refractivity contribution in [1.29, 1.82) is 0 Å². The van der Waals surface area contributed by atoms with E-state index in [1.165, 1.54) is 16.6 Å². The summed E-state index contributed by atoms with van der Waals surface area (Å²) in [6, 6.07) is 9.45. The van der Waals surface area contributed by atoms with Gasteiger partial charge in [0.2, 0.25) is 0 Å². The number of amides is 1. The monoisotopic (exact) mass is 355 g/mol. The lowest BCUT2D eigenvalue weighted by atomic mass is 9.98. The van der Waals surface area contributed by atoms with Crippen LogP contribution >= 0.6 is 0 Å². The number of hydrogen-bond acceptors (Lipinski definition) is 5. The standard InChI is InChI=1S/C18H18FN5O2/c19-15-4-6-16(7-5-15)26-12-13-2-1-9-23(10-13)18(25)14-3-8-17-20-21-22-24(17)11-14/h3-8,11,13H,1-2,9-10,12H2. The van der Waals surface area contributed by atoms with Crippen LogP contribution in [0.15, 0.2) is 42.6 Å². The number of pyridine rings is 1. The number of carbonyl (C=O) groups excluding carboxylic acids is 1. The van der Waals surface area contributed by atoms with Crippen molar-refractivity contribution in [3.63, 3.8) is 0 Å². The van der Waals surface area contributed by atoms with Gasteiger partial charge in [0.25, 0.3) is 5.91 Å². The number of rotatable bonds is 4. The Morgan fingerprint density at radius 2 is 2.08 bits per heavy atom. The van der Waals surface area contributed by atoms with Gasteiger partial charge >= 0.3 is 0 Å². The molecule has 2 aromatic heterocycles. The fourth-order valence-corrected chi connectivity index (χ4v) is 3.18. The molecule has 1 aliphatic rings. The number of aromatic nitrogens is 4. The molecule has 7 nitrogen and oxygen atoms in total. The highest BCUT2D eigenvalue weighted by molar-refractivity contribution is 5.94. The minimum Gasteiger partial charge on any atom is -0.493 e. The predicted octanol–water partition coefficient (Wildman–Crippen LogP) is 2.19. The predicted molar refractivity (Wildman–Crippen MR) is 91.3 cm³/mol. The minimum atomic E-state index is -0.286. The van der Waals surface area contributed by atoms with E-state index >= 15 is 0 Å². The van der Waals surface area contributed by atoms with Gasteiger partial charge in [0.05, 0.1) is 12.2 Å². The van der Waals surface area contributed by atoms with Crippen LogP contribution in [0.2, 0.25) is 0 Å². The van der Waals surface area contributed by atoms with Crippen LogP contribution in [-0.2, 0) is 0 Å². The molecule has 1 fully saturated rings. The van der Waals surface area contributed by atoms with Crippen LogP contribution < -0.4 is 4.74 Å². The lowest BCUT2D eigenvalue weighted by molar-refractivity contribution is 0.0632. The molecule has 1 unspecified atom stereocenters. The van der Waals surface area contributed by atoms with E-state index < -0.39 is 0 Å². The molecule has 0 bridgehead atoms. The third kappa shape index (κ3) is 3.49. The number of hydrogen-bond donors (Lipinski definition) is 0. The molecule has 3 aromatic rings. The number of benzene rings is 1. The molecule has 3 heterocycles. The van der Waals surface area contributed by atoms with E-state index in [4.69, 9.17) is 4.74 Å². The highest BCUT2D eigenvalue weighted by Gasteiger charge is 2.25. The Bertz CT molecular complexity index is 911. The normalized spacial score (nSPS) is 17.4. The first-order valence-electron chi connectivity index (χ1n) is 8.54. The fraction of sp³-hybridized carbons (Fsp3) is 0.333. The van der Waals surface area contributed by atoms with Gasteiger partial charge in [0, 0.05) is 25.2 Å². The van der Waals surface area contributed by atoms with E-state index in [-0.39, 0.29) is 17.6 Å². The Morgan fingerprint density at radius 1 is 1.23 bits per heavy atom. The maximum Gasteiger partial charge on any atom is 0.255 e. The number of carbonyl (C=O) groups is 1. The van der Waals surface area contributed by atoms with Crippen molar-refractivity contribution >= 4 is 11.6 Å². The molecule has 1 saturated heterocycles. The fourth-order valence-electron chi connectivity index (χ4n) is 3.18. The van der Waals surface area contributed by atoms with Gasteiger partial charge in [-0.3, -0.25) is 4.79 Å². The van der Waals surface area contributed by atoms with Crippen molar-refractivity contribution in [2.75, 3.05) is 19.7 Å². The number of piperidine rings is 1. The molecule has 26 heavy (non-hydrogen) atoms. The topological polar surface area (TPSA) is 72.6 Å². The lowest BCUT2D eigenvalue weighted by Gasteiger charge is -2.32. The third-order valence-electron chi connectivity index (χ3n) is 4.54. The molecule has 0 N–H and O–H groups in total. The minimum absolute atomic E-state index is 0.0334. The Kier molecular flexibility index (Phi) is 4.47. The molecular weight excluding hydrogens is 337 g/mol. The van der Waals surface area contributed by atoms with Crippen LogP contribution in [0, 0.1) is 11.7 Å². The van der Waals surface area contributed by atoms with Crippen LogP contribution in [0.4, 0.5) is 4.39 Å². The number of fused-ring (bicyclic) bond motifs is 1. The van der Waals surface area contributed by atoms with Crippen molar-refractivity contribution in [1.82, 2.24) is 24.9 Å². The zero-order valence-corrected chi connectivity index (χ0v) is 14.1. The maximum absolute atomic E-state index is 12.9. The number of nitrogens with zero attached hydrogens (tertiary/aromatic N) is 5. The van der Waals surface area contributed by atoms with Gasteiger partial charge < -0.3 is 9.64 Å². The second kappa shape index (κ2) is 7.07. The first-order valence-corrected chi connectivity index (χ1v) is 8.54. The maximum atomic E-state index is 12.9. The summed E-state index contributed by atoms with van der Waals surface area (Å²) < 4.78 is 20.2. The number of halogens is 1. The second-order valence-corrected chi connectivity index (χ2v) is 6.42. The molecule has 1 atom stereocenters. The molecule has 1 amide bonds. The summed E-state index contributed by atoms with van der Waals surface area (Å²) in [6.45, 7) is 1.86. The highest BCUT2D eigenvalue weighted by Crippen LogP contribution is 2.21. The summed E-state index contributed by atoms with van der Waals surface area (Å²) in [5.41, 5.74) is 1.16. The SMILES string of the molecule is O=C(c1ccc2nnnn2c1)N1CCCC(COc2ccc(F)cc2)C1. The summed E-state index contributed by atoms with van der Waals surface area (Å²) in [6.07, 6.45) is 3.57. The molecular formula is C18H18FN5O2. The van der Waals surface area contributed by atoms with Crippen molar-refractivity contribution < 1.29 is 13.9 Å². The molecule has 0 spiro atoms. The molecule has 0 radical (unpaired) electrons. The van der Waals surface area contributed by atoms with Gasteiger partial charge in [0.15, 0.2) is 5.65 Å². The third-order valence-corrected chi connectivity index (χ3v) is 4.54. The quantitative estimate of drug-likeness (QED) is 0.717. The van der Waals surface area contributed by atoms with Crippen molar-refractivity contribution in [2.45, 2.75) is 12.8 Å². The van der Waals surface area contributed by atoms with Crippen LogP contribution in [0.5, 0.6) is 5.75 Å². The Balaban J connectivity index is 1.39. The van der Waals surface area contributed by atoms with E-state index in [1.807, 2.05) is 4.90 Å². The Labute approximate surface area is 149 Å². The van der Waals surface area contributed by atoms with Gasteiger partial charge in [-0.1, -0.05) is 0 Å². The Hall–Kier alpha value is -3.03. The van der Waals surface area contributed by atoms with Crippen LogP contribution in [0.3, 0.4) is 0 Å². The van der Waals surface area contributed by atoms with E-state index in [9.17, 15) is 9.18 Å². The van der Waals surface area contributed by atoms with Gasteiger partial charge in [-0.15, -0.1) is 5.10 Å². The molecule has 4 rings (SSSR count). The van der Waals surface area contributed by atoms with Crippen LogP contribution in [0.1, 0.15) is 23.2 Å². The van der Waals surface area contributed by atoms with Gasteiger partial charge in [-0.2, -0.15) is 4.52 Å². The first kappa shape index (κ1) is 16.4. The van der Waals surface area contributed by atoms with Gasteiger partial charge in [-0.25, -0.2) is 4.39 Å². The van der Waals surface area contributed by atoms with Crippen LogP contribution in [0.25, 0.3) is 5.65 Å². The Morgan fingerprint density at radius 3 is 2.92 bits per heavy atom. The number of ether oxygens (including phenoxy) is 1. The highest BCUT2D eigenvalue weighted by atomic mass is 19.1. The van der Waals surface area contributed by atoms with Crippen LogP contribution in [-0.4, -0.2) is 50.5 Å². The lowest BCUT2D eigenvalue weighted by Crippen LogP contribution is -2.41. The average Bonchev–Trinajstić information content (AvgIpc) is 3.15. The van der Waals surface area contributed by atoms with E-state index in [2.05, 4.69) is 15.5 Å². The summed E-state index contributed by atoms with van der Waals surface area (Å²) in [5, 5.41) is 11.3. The largest absolute Gasteiger partial charge is 0.493 e. The zero-order chi connectivity index (χ0) is 17.9. The van der Waals surface area contributed by atoms with Crippen molar-refractivity contribution in [2.24, 2.45) is 5.92 Å². The second-order valence-electron chi connectivity index (χ2n) is 6.42. The smallest absolute Gasteiger partial charge is 0.255 e. The summed E-state index contributed by atoms with van der Waals surface area (Å²) in [4.78, 5) is 14.6. The zero-order valence-electron chi connectivity index (χ0n) is 14.1. The first-order chi connectivity index (χ1) is 12.7.